The number of thiocarbonyl (C=S) groups is 2. The molecule has 1 unspecified atom stereocenters. The van der Waals surface area contributed by atoms with Crippen molar-refractivity contribution >= 4 is 46.6 Å². The van der Waals surface area contributed by atoms with E-state index in [2.05, 4.69) is 39.6 Å². The number of aliphatic imine (C=N–C) groups is 2. The fraction of sp³-hybridized carbons (Fsp3) is 0.636. The molecule has 5 heteroatoms. The van der Waals surface area contributed by atoms with E-state index in [1.807, 2.05) is 20.8 Å². The first kappa shape index (κ1) is 13.3. The Labute approximate surface area is 106 Å². The maximum atomic E-state index is 12.0. The molecule has 0 aromatic heterocycles. The maximum Gasteiger partial charge on any atom is 0.180 e. The monoisotopic (exact) mass is 254 g/mol. The number of Topliss-reactive ketones (excluding diaryl/α,β-unsaturated/α-hetero) is 1. The molecule has 0 saturated heterocycles. The molecule has 0 aliphatic heterocycles. The number of rotatable bonds is 2. The van der Waals surface area contributed by atoms with Crippen molar-refractivity contribution in [3.8, 4) is 0 Å². The van der Waals surface area contributed by atoms with Gasteiger partial charge in [-0.2, -0.15) is 0 Å². The van der Waals surface area contributed by atoms with Gasteiger partial charge in [-0.1, -0.05) is 26.1 Å². The van der Waals surface area contributed by atoms with E-state index in [1.54, 1.807) is 0 Å². The minimum atomic E-state index is -0.685. The summed E-state index contributed by atoms with van der Waals surface area (Å²) in [6.45, 7) is 5.93. The molecule has 86 valence electrons. The van der Waals surface area contributed by atoms with Gasteiger partial charge < -0.3 is 0 Å². The largest absolute Gasteiger partial charge is 0.293 e. The van der Waals surface area contributed by atoms with Crippen LogP contribution in [0.15, 0.2) is 9.98 Å². The van der Waals surface area contributed by atoms with E-state index in [0.717, 1.165) is 6.42 Å². The van der Waals surface area contributed by atoms with E-state index in [4.69, 9.17) is 0 Å². The number of hydrogen-bond donors (Lipinski definition) is 0. The first-order chi connectivity index (χ1) is 7.34. The highest BCUT2D eigenvalue weighted by Crippen LogP contribution is 2.39. The number of isothiocyanates is 1. The van der Waals surface area contributed by atoms with Gasteiger partial charge in [0.15, 0.2) is 5.78 Å². The topological polar surface area (TPSA) is 41.8 Å². The second kappa shape index (κ2) is 4.62. The van der Waals surface area contributed by atoms with Crippen LogP contribution in [0.4, 0.5) is 0 Å². The lowest BCUT2D eigenvalue weighted by molar-refractivity contribution is -0.116. The second-order valence-corrected chi connectivity index (χ2v) is 5.39. The molecule has 16 heavy (non-hydrogen) atoms. The van der Waals surface area contributed by atoms with Gasteiger partial charge in [0.1, 0.15) is 11.3 Å². The molecule has 0 heterocycles. The summed E-state index contributed by atoms with van der Waals surface area (Å²) in [4.78, 5) is 20.1. The van der Waals surface area contributed by atoms with Crippen molar-refractivity contribution in [1.82, 2.24) is 0 Å². The lowest BCUT2D eigenvalue weighted by Gasteiger charge is -2.39. The predicted octanol–water partition coefficient (Wildman–Crippen LogP) is 2.64. The van der Waals surface area contributed by atoms with Crippen LogP contribution in [0.1, 0.15) is 33.6 Å². The Balaban J connectivity index is 3.27. The van der Waals surface area contributed by atoms with E-state index in [9.17, 15) is 4.79 Å². The van der Waals surface area contributed by atoms with E-state index in [1.165, 1.54) is 5.49 Å². The van der Waals surface area contributed by atoms with Crippen molar-refractivity contribution in [2.75, 3.05) is 0 Å². The summed E-state index contributed by atoms with van der Waals surface area (Å²) in [6, 6.07) is 0. The Morgan fingerprint density at radius 2 is 2.06 bits per heavy atom. The molecule has 1 rings (SSSR count). The van der Waals surface area contributed by atoms with Gasteiger partial charge in [-0.25, -0.2) is 9.98 Å². The van der Waals surface area contributed by atoms with Gasteiger partial charge >= 0.3 is 0 Å². The summed E-state index contributed by atoms with van der Waals surface area (Å²) in [6.07, 6.45) is 1.19. The fourth-order valence-electron chi connectivity index (χ4n) is 2.35. The quantitative estimate of drug-likeness (QED) is 0.562. The van der Waals surface area contributed by atoms with E-state index < -0.39 is 5.54 Å². The number of ketones is 1. The third-order valence-electron chi connectivity index (χ3n) is 2.71. The first-order valence-corrected chi connectivity index (χ1v) is 5.87. The molecular weight excluding hydrogens is 240 g/mol. The van der Waals surface area contributed by atoms with Crippen molar-refractivity contribution in [1.29, 1.82) is 0 Å². The van der Waals surface area contributed by atoms with Crippen molar-refractivity contribution in [2.45, 2.75) is 39.2 Å². The van der Waals surface area contributed by atoms with E-state index >= 15 is 0 Å². The minimum Gasteiger partial charge on any atom is -0.293 e. The van der Waals surface area contributed by atoms with Crippen LogP contribution in [0.3, 0.4) is 0 Å². The molecule has 0 N–H and O–H groups in total. The Kier molecular flexibility index (Phi) is 3.84. The van der Waals surface area contributed by atoms with Gasteiger partial charge in [0.2, 0.25) is 0 Å². The van der Waals surface area contributed by atoms with Crippen LogP contribution in [0.2, 0.25) is 0 Å². The molecule has 0 aromatic carbocycles. The summed E-state index contributed by atoms with van der Waals surface area (Å²) in [7, 11) is 0. The summed E-state index contributed by atoms with van der Waals surface area (Å²) < 4.78 is 0. The van der Waals surface area contributed by atoms with Gasteiger partial charge in [0, 0.05) is 6.42 Å². The van der Waals surface area contributed by atoms with Gasteiger partial charge in [-0.15, -0.1) is 0 Å². The molecular formula is C11H14N2OS2. The highest BCUT2D eigenvalue weighted by Gasteiger charge is 2.45. The number of hydrogen-bond acceptors (Lipinski definition) is 4. The molecule has 0 bridgehead atoms. The van der Waals surface area contributed by atoms with Crippen LogP contribution in [-0.2, 0) is 4.79 Å². The van der Waals surface area contributed by atoms with Crippen LogP contribution < -0.4 is 0 Å². The van der Waals surface area contributed by atoms with Crippen LogP contribution in [0.25, 0.3) is 0 Å². The predicted molar refractivity (Wildman–Crippen MR) is 72.5 cm³/mol. The summed E-state index contributed by atoms with van der Waals surface area (Å²) in [5, 5.41) is 2.35. The summed E-state index contributed by atoms with van der Waals surface area (Å²) >= 11 is 9.31. The molecule has 0 amide bonds. The second-order valence-electron chi connectivity index (χ2n) is 5.00. The molecule has 1 saturated carbocycles. The molecule has 0 radical (unpaired) electrons. The first-order valence-electron chi connectivity index (χ1n) is 4.99. The molecule has 1 atom stereocenters. The summed E-state index contributed by atoms with van der Waals surface area (Å²) in [5.74, 6) is -0.00569. The van der Waals surface area contributed by atoms with E-state index in [0.29, 0.717) is 12.1 Å². The van der Waals surface area contributed by atoms with Gasteiger partial charge in [-0.05, 0) is 31.0 Å². The smallest absolute Gasteiger partial charge is 0.180 e. The van der Waals surface area contributed by atoms with Crippen molar-refractivity contribution in [3.05, 3.63) is 0 Å². The average molecular weight is 254 g/mol. The molecule has 0 aromatic rings. The standard InChI is InChI=1S/C11H14N2OS2/c1-10(2)4-8(14)9(12-6-15)11(3,5-10)13-7-16/h6H,4-5H2,1-3H3. The Morgan fingerprint density at radius 3 is 2.56 bits per heavy atom. The van der Waals surface area contributed by atoms with Crippen LogP contribution in [-0.4, -0.2) is 27.7 Å². The van der Waals surface area contributed by atoms with Gasteiger partial charge in [0.25, 0.3) is 0 Å². The van der Waals surface area contributed by atoms with Crippen molar-refractivity contribution in [2.24, 2.45) is 15.4 Å². The SMILES string of the molecule is CC1(C)CC(=O)C(=NC=S)C(C)(N=C=S)C1. The lowest BCUT2D eigenvalue weighted by atomic mass is 9.67. The Morgan fingerprint density at radius 1 is 1.44 bits per heavy atom. The Bertz CT molecular complexity index is 408. The molecule has 1 fully saturated rings. The number of carbonyl (C=O) groups is 1. The lowest BCUT2D eigenvalue weighted by Crippen LogP contribution is -2.48. The van der Waals surface area contributed by atoms with Crippen molar-refractivity contribution < 1.29 is 4.79 Å². The van der Waals surface area contributed by atoms with Crippen LogP contribution in [0, 0.1) is 5.41 Å². The highest BCUT2D eigenvalue weighted by atomic mass is 32.1. The third kappa shape index (κ3) is 2.67. The van der Waals surface area contributed by atoms with Crippen LogP contribution in [0.5, 0.6) is 0 Å². The molecule has 0 spiro atoms. The van der Waals surface area contributed by atoms with Crippen molar-refractivity contribution in [3.63, 3.8) is 0 Å². The Hall–Kier alpha value is -0.770. The summed E-state index contributed by atoms with van der Waals surface area (Å²) in [5.41, 5.74) is 0.833. The maximum absolute atomic E-state index is 12.0. The number of carbonyl (C=O) groups excluding carboxylic acids is 1. The molecule has 3 nitrogen and oxygen atoms in total. The fourth-order valence-corrected chi connectivity index (χ4v) is 2.66. The third-order valence-corrected chi connectivity index (χ3v) is 2.91. The average Bonchev–Trinajstić information content (AvgIpc) is 2.10. The zero-order valence-corrected chi connectivity index (χ0v) is 11.2. The minimum absolute atomic E-state index is 0.00569. The van der Waals surface area contributed by atoms with Gasteiger partial charge in [-0.3, -0.25) is 4.79 Å². The normalized spacial score (nSPS) is 30.9. The van der Waals surface area contributed by atoms with Crippen LogP contribution >= 0.6 is 24.4 Å². The van der Waals surface area contributed by atoms with Gasteiger partial charge in [0.05, 0.1) is 10.7 Å². The highest BCUT2D eigenvalue weighted by molar-refractivity contribution is 7.79. The number of nitrogens with zero attached hydrogens (tertiary/aromatic N) is 2. The zero-order chi connectivity index (χ0) is 12.4. The molecule has 1 aliphatic rings. The zero-order valence-electron chi connectivity index (χ0n) is 9.61. The van der Waals surface area contributed by atoms with E-state index in [-0.39, 0.29) is 11.2 Å². The molecule has 1 aliphatic carbocycles.